The van der Waals surface area contributed by atoms with E-state index in [4.69, 9.17) is 9.47 Å². The van der Waals surface area contributed by atoms with E-state index in [1.165, 1.54) is 0 Å². The van der Waals surface area contributed by atoms with Gasteiger partial charge in [0.1, 0.15) is 0 Å². The van der Waals surface area contributed by atoms with Gasteiger partial charge in [-0.25, -0.2) is 0 Å². The second kappa shape index (κ2) is 7.98. The lowest BCUT2D eigenvalue weighted by atomic mass is 9.76. The summed E-state index contributed by atoms with van der Waals surface area (Å²) < 4.78 is 11.1. The predicted octanol–water partition coefficient (Wildman–Crippen LogP) is 4.85. The van der Waals surface area contributed by atoms with Gasteiger partial charge in [0.25, 0.3) is 0 Å². The highest BCUT2D eigenvalue weighted by atomic mass is 16.5. The molecule has 5 nitrogen and oxygen atoms in total. The van der Waals surface area contributed by atoms with E-state index in [-0.39, 0.29) is 24.0 Å². The predicted molar refractivity (Wildman–Crippen MR) is 116 cm³/mol. The number of nitrogens with zero attached hydrogens (tertiary/aromatic N) is 1. The van der Waals surface area contributed by atoms with Crippen molar-refractivity contribution in [3.63, 3.8) is 0 Å². The molecule has 0 radical (unpaired) electrons. The number of benzene rings is 2. The van der Waals surface area contributed by atoms with Gasteiger partial charge in [0, 0.05) is 35.6 Å². The summed E-state index contributed by atoms with van der Waals surface area (Å²) in [6, 6.07) is 11.7. The number of carbonyl (C=O) groups is 2. The van der Waals surface area contributed by atoms with Crippen molar-refractivity contribution in [3.05, 3.63) is 64.4 Å². The number of hydrogen-bond donors (Lipinski definition) is 0. The maximum atomic E-state index is 13.4. The third kappa shape index (κ3) is 3.28. The molecule has 1 aliphatic carbocycles. The average Bonchev–Trinajstić information content (AvgIpc) is 2.73. The first-order chi connectivity index (χ1) is 14.5. The van der Waals surface area contributed by atoms with Gasteiger partial charge in [-0.3, -0.25) is 14.5 Å². The van der Waals surface area contributed by atoms with Crippen molar-refractivity contribution in [1.29, 1.82) is 0 Å². The lowest BCUT2D eigenvalue weighted by molar-refractivity contribution is -0.119. The van der Waals surface area contributed by atoms with E-state index in [1.807, 2.05) is 44.2 Å². The molecule has 2 aliphatic rings. The van der Waals surface area contributed by atoms with Crippen molar-refractivity contribution in [2.24, 2.45) is 0 Å². The number of carbonyl (C=O) groups excluding carboxylic acids is 2. The Bertz CT molecular complexity index is 1050. The largest absolute Gasteiger partial charge is 0.493 e. The van der Waals surface area contributed by atoms with Crippen LogP contribution >= 0.6 is 0 Å². The Labute approximate surface area is 177 Å². The second-order valence-corrected chi connectivity index (χ2v) is 8.00. The molecule has 0 aromatic heterocycles. The number of methoxy groups -OCH3 is 2. The monoisotopic (exact) mass is 405 g/mol. The molecule has 1 amide bonds. The van der Waals surface area contributed by atoms with E-state index in [0.29, 0.717) is 24.3 Å². The van der Waals surface area contributed by atoms with Gasteiger partial charge in [-0.1, -0.05) is 29.8 Å². The standard InChI is InChI=1S/C25H27NO4/c1-15-11-12-19(16(2)13-15)26-20-8-6-9-21(27)24(20)18(14-23(26)28)17-7-5-10-22(29-3)25(17)30-4/h5,7,10-13,18H,6,8-9,14H2,1-4H3. The van der Waals surface area contributed by atoms with Crippen molar-refractivity contribution in [3.8, 4) is 11.5 Å². The summed E-state index contributed by atoms with van der Waals surface area (Å²) in [4.78, 5) is 28.3. The number of ether oxygens (including phenoxy) is 2. The molecule has 1 atom stereocenters. The molecule has 1 unspecified atom stereocenters. The summed E-state index contributed by atoms with van der Waals surface area (Å²) in [5, 5.41) is 0. The molecule has 0 fully saturated rings. The maximum absolute atomic E-state index is 13.4. The zero-order valence-electron chi connectivity index (χ0n) is 18.0. The summed E-state index contributed by atoms with van der Waals surface area (Å²) in [6.45, 7) is 4.05. The van der Waals surface area contributed by atoms with Crippen LogP contribution in [-0.4, -0.2) is 25.9 Å². The Balaban J connectivity index is 1.91. The van der Waals surface area contributed by atoms with Crippen LogP contribution in [0.2, 0.25) is 0 Å². The molecular weight excluding hydrogens is 378 g/mol. The van der Waals surface area contributed by atoms with Crippen LogP contribution in [0.4, 0.5) is 5.69 Å². The SMILES string of the molecule is COc1cccc(C2CC(=O)N(c3ccc(C)cc3C)C3=C2C(=O)CCC3)c1OC. The molecular formula is C25H27NO4. The lowest BCUT2D eigenvalue weighted by Crippen LogP contribution is -2.41. The molecule has 30 heavy (non-hydrogen) atoms. The summed E-state index contributed by atoms with van der Waals surface area (Å²) >= 11 is 0. The Hall–Kier alpha value is -3.08. The van der Waals surface area contributed by atoms with E-state index in [2.05, 4.69) is 6.07 Å². The molecule has 2 aromatic rings. The number of rotatable bonds is 4. The van der Waals surface area contributed by atoms with Crippen LogP contribution in [0, 0.1) is 13.8 Å². The maximum Gasteiger partial charge on any atom is 0.232 e. The van der Waals surface area contributed by atoms with E-state index in [0.717, 1.165) is 40.1 Å². The normalized spacial score (nSPS) is 19.1. The van der Waals surface area contributed by atoms with Crippen LogP contribution in [0.3, 0.4) is 0 Å². The molecule has 0 spiro atoms. The van der Waals surface area contributed by atoms with Gasteiger partial charge in [0.15, 0.2) is 17.3 Å². The van der Waals surface area contributed by atoms with Gasteiger partial charge in [0.05, 0.1) is 19.9 Å². The highest BCUT2D eigenvalue weighted by Crippen LogP contribution is 2.47. The highest BCUT2D eigenvalue weighted by molar-refractivity contribution is 6.08. The van der Waals surface area contributed by atoms with Crippen LogP contribution in [0.15, 0.2) is 47.7 Å². The van der Waals surface area contributed by atoms with Gasteiger partial charge in [-0.05, 0) is 44.4 Å². The van der Waals surface area contributed by atoms with Crippen molar-refractivity contribution in [1.82, 2.24) is 0 Å². The van der Waals surface area contributed by atoms with E-state index < -0.39 is 0 Å². The van der Waals surface area contributed by atoms with E-state index in [1.54, 1.807) is 19.1 Å². The third-order valence-electron chi connectivity index (χ3n) is 6.08. The first kappa shape index (κ1) is 20.2. The van der Waals surface area contributed by atoms with Gasteiger partial charge in [-0.2, -0.15) is 0 Å². The summed E-state index contributed by atoms with van der Waals surface area (Å²) in [6.07, 6.45) is 2.20. The van der Waals surface area contributed by atoms with Crippen LogP contribution in [0.1, 0.15) is 48.3 Å². The van der Waals surface area contributed by atoms with Gasteiger partial charge < -0.3 is 9.47 Å². The zero-order chi connectivity index (χ0) is 21.4. The minimum absolute atomic E-state index is 0.00489. The molecule has 0 saturated heterocycles. The molecule has 0 N–H and O–H groups in total. The fourth-order valence-electron chi connectivity index (χ4n) is 4.78. The summed E-state index contributed by atoms with van der Waals surface area (Å²) in [5.74, 6) is 0.985. The molecule has 1 heterocycles. The lowest BCUT2D eigenvalue weighted by Gasteiger charge is -2.39. The quantitative estimate of drug-likeness (QED) is 0.730. The Morgan fingerprint density at radius 2 is 1.80 bits per heavy atom. The second-order valence-electron chi connectivity index (χ2n) is 8.00. The van der Waals surface area contributed by atoms with Crippen LogP contribution < -0.4 is 14.4 Å². The molecule has 4 rings (SSSR count). The first-order valence-electron chi connectivity index (χ1n) is 10.3. The fourth-order valence-corrected chi connectivity index (χ4v) is 4.78. The number of hydrogen-bond acceptors (Lipinski definition) is 4. The number of amides is 1. The molecule has 0 bridgehead atoms. The van der Waals surface area contributed by atoms with Crippen LogP contribution in [0.25, 0.3) is 0 Å². The molecule has 2 aromatic carbocycles. The Kier molecular flexibility index (Phi) is 5.37. The van der Waals surface area contributed by atoms with Crippen LogP contribution in [-0.2, 0) is 9.59 Å². The molecule has 0 saturated carbocycles. The van der Waals surface area contributed by atoms with E-state index >= 15 is 0 Å². The zero-order valence-corrected chi connectivity index (χ0v) is 18.0. The van der Waals surface area contributed by atoms with Crippen molar-refractivity contribution in [2.75, 3.05) is 19.1 Å². The Morgan fingerprint density at radius 1 is 1.00 bits per heavy atom. The summed E-state index contributed by atoms with van der Waals surface area (Å²) in [7, 11) is 3.18. The Morgan fingerprint density at radius 3 is 2.50 bits per heavy atom. The van der Waals surface area contributed by atoms with Crippen molar-refractivity contribution < 1.29 is 19.1 Å². The number of Topliss-reactive ketones (excluding diaryl/α,β-unsaturated/α-hetero) is 1. The van der Waals surface area contributed by atoms with E-state index in [9.17, 15) is 9.59 Å². The van der Waals surface area contributed by atoms with Crippen molar-refractivity contribution in [2.45, 2.75) is 45.4 Å². The number of allylic oxidation sites excluding steroid dienone is 2. The van der Waals surface area contributed by atoms with Gasteiger partial charge in [0.2, 0.25) is 5.91 Å². The fraction of sp³-hybridized carbons (Fsp3) is 0.360. The number of aryl methyl sites for hydroxylation is 2. The van der Waals surface area contributed by atoms with Crippen LogP contribution in [0.5, 0.6) is 11.5 Å². The van der Waals surface area contributed by atoms with Crippen molar-refractivity contribution >= 4 is 17.4 Å². The van der Waals surface area contributed by atoms with Gasteiger partial charge in [-0.15, -0.1) is 0 Å². The number of anilines is 1. The highest BCUT2D eigenvalue weighted by Gasteiger charge is 2.41. The minimum Gasteiger partial charge on any atom is -0.493 e. The first-order valence-corrected chi connectivity index (χ1v) is 10.3. The molecule has 156 valence electrons. The topological polar surface area (TPSA) is 55.8 Å². The number of ketones is 1. The third-order valence-corrected chi connectivity index (χ3v) is 6.08. The number of para-hydroxylation sites is 1. The van der Waals surface area contributed by atoms with Gasteiger partial charge >= 0.3 is 0 Å². The smallest absolute Gasteiger partial charge is 0.232 e. The molecule has 1 aliphatic heterocycles. The minimum atomic E-state index is -0.327. The summed E-state index contributed by atoms with van der Waals surface area (Å²) in [5.41, 5.74) is 5.45. The molecule has 5 heteroatoms. The average molecular weight is 405 g/mol.